The molecule has 0 bridgehead atoms. The second-order valence-corrected chi connectivity index (χ2v) is 8.52. The van der Waals surface area contributed by atoms with Gasteiger partial charge in [-0.1, -0.05) is 24.3 Å². The highest BCUT2D eigenvalue weighted by Crippen LogP contribution is 2.37. The van der Waals surface area contributed by atoms with Gasteiger partial charge in [-0.25, -0.2) is 4.79 Å². The molecule has 2 aliphatic heterocycles. The summed E-state index contributed by atoms with van der Waals surface area (Å²) < 4.78 is 11.6. The predicted molar refractivity (Wildman–Crippen MR) is 119 cm³/mol. The van der Waals surface area contributed by atoms with Gasteiger partial charge >= 0.3 is 6.09 Å². The van der Waals surface area contributed by atoms with Crippen LogP contribution in [0.2, 0.25) is 0 Å². The fraction of sp³-hybridized carbons (Fsp3) is 0.440. The zero-order chi connectivity index (χ0) is 21.1. The zero-order valence-electron chi connectivity index (χ0n) is 17.8. The lowest BCUT2D eigenvalue weighted by molar-refractivity contribution is 0.0503. The third-order valence-corrected chi connectivity index (χ3v) is 5.97. The van der Waals surface area contributed by atoms with E-state index in [2.05, 4.69) is 54.2 Å². The van der Waals surface area contributed by atoms with E-state index in [0.717, 1.165) is 38.1 Å². The van der Waals surface area contributed by atoms with Crippen LogP contribution in [0.25, 0.3) is 11.1 Å². The van der Waals surface area contributed by atoms with Crippen molar-refractivity contribution in [1.82, 2.24) is 4.90 Å². The highest BCUT2D eigenvalue weighted by atomic mass is 16.6. The molecule has 2 aromatic carbocycles. The molecule has 0 aliphatic carbocycles. The Hall–Kier alpha value is -2.82. The monoisotopic (exact) mass is 406 g/mol. The molecule has 1 fully saturated rings. The largest absolute Gasteiger partial charge is 0.490 e. The second kappa shape index (κ2) is 8.90. The number of hydrogen-bond acceptors (Lipinski definition) is 4. The molecule has 0 spiro atoms. The molecule has 0 radical (unpaired) electrons. The summed E-state index contributed by atoms with van der Waals surface area (Å²) in [5.74, 6) is 1.46. The first-order valence-corrected chi connectivity index (χ1v) is 10.8. The molecular weight excluding hydrogens is 376 g/mol. The SMILES string of the molecule is C=NCc1cccc(-c2ccc3c(c2)CC(C2CCN(C(=O)OC(C)C)CC2)O3)c1. The number of ether oxygens (including phenoxy) is 2. The minimum Gasteiger partial charge on any atom is -0.490 e. The fourth-order valence-electron chi connectivity index (χ4n) is 4.43. The highest BCUT2D eigenvalue weighted by molar-refractivity contribution is 5.68. The Bertz CT molecular complexity index is 916. The van der Waals surface area contributed by atoms with Crippen molar-refractivity contribution in [3.05, 3.63) is 53.6 Å². The molecule has 5 heteroatoms. The van der Waals surface area contributed by atoms with Gasteiger partial charge in [-0.3, -0.25) is 4.99 Å². The summed E-state index contributed by atoms with van der Waals surface area (Å²) in [5.41, 5.74) is 4.83. The van der Waals surface area contributed by atoms with Crippen molar-refractivity contribution < 1.29 is 14.3 Å². The molecule has 1 amide bonds. The van der Waals surface area contributed by atoms with Crippen LogP contribution in [-0.2, 0) is 17.7 Å². The van der Waals surface area contributed by atoms with Crippen molar-refractivity contribution in [2.75, 3.05) is 13.1 Å². The molecule has 2 aliphatic rings. The van der Waals surface area contributed by atoms with Crippen LogP contribution >= 0.6 is 0 Å². The first kappa shape index (κ1) is 20.5. The van der Waals surface area contributed by atoms with E-state index in [1.807, 2.05) is 18.7 Å². The maximum Gasteiger partial charge on any atom is 0.410 e. The number of nitrogens with zero attached hydrogens (tertiary/aromatic N) is 2. The van der Waals surface area contributed by atoms with Crippen LogP contribution in [0.4, 0.5) is 4.79 Å². The van der Waals surface area contributed by atoms with Gasteiger partial charge in [0.1, 0.15) is 11.9 Å². The second-order valence-electron chi connectivity index (χ2n) is 8.52. The van der Waals surface area contributed by atoms with Gasteiger partial charge in [0.2, 0.25) is 0 Å². The Labute approximate surface area is 178 Å². The maximum absolute atomic E-state index is 12.1. The molecule has 0 aromatic heterocycles. The number of amides is 1. The smallest absolute Gasteiger partial charge is 0.410 e. The number of carbonyl (C=O) groups is 1. The van der Waals surface area contributed by atoms with Crippen LogP contribution in [0.3, 0.4) is 0 Å². The summed E-state index contributed by atoms with van der Waals surface area (Å²) in [6.07, 6.45) is 2.75. The molecule has 2 aromatic rings. The average Bonchev–Trinajstić information content (AvgIpc) is 3.17. The topological polar surface area (TPSA) is 51.1 Å². The van der Waals surface area contributed by atoms with Gasteiger partial charge in [0.25, 0.3) is 0 Å². The van der Waals surface area contributed by atoms with Crippen molar-refractivity contribution in [3.63, 3.8) is 0 Å². The summed E-state index contributed by atoms with van der Waals surface area (Å²) >= 11 is 0. The Kier molecular flexibility index (Phi) is 6.07. The molecule has 2 heterocycles. The lowest BCUT2D eigenvalue weighted by Gasteiger charge is -2.34. The van der Waals surface area contributed by atoms with Crippen LogP contribution in [0.5, 0.6) is 5.75 Å². The maximum atomic E-state index is 12.1. The van der Waals surface area contributed by atoms with Gasteiger partial charge in [0, 0.05) is 19.5 Å². The van der Waals surface area contributed by atoms with E-state index in [-0.39, 0.29) is 18.3 Å². The molecular formula is C25H30N2O3. The third-order valence-electron chi connectivity index (χ3n) is 5.97. The molecule has 30 heavy (non-hydrogen) atoms. The van der Waals surface area contributed by atoms with E-state index in [9.17, 15) is 4.79 Å². The van der Waals surface area contributed by atoms with Crippen molar-refractivity contribution in [2.45, 2.75) is 51.9 Å². The van der Waals surface area contributed by atoms with Gasteiger partial charge in [-0.2, -0.15) is 0 Å². The van der Waals surface area contributed by atoms with Crippen molar-refractivity contribution in [3.8, 4) is 16.9 Å². The number of benzene rings is 2. The van der Waals surface area contributed by atoms with Gasteiger partial charge < -0.3 is 14.4 Å². The van der Waals surface area contributed by atoms with Crippen LogP contribution in [0.1, 0.15) is 37.8 Å². The number of piperidine rings is 1. The Morgan fingerprint density at radius 1 is 1.20 bits per heavy atom. The number of carbonyl (C=O) groups excluding carboxylic acids is 1. The molecule has 1 saturated heterocycles. The highest BCUT2D eigenvalue weighted by Gasteiger charge is 2.34. The molecule has 5 nitrogen and oxygen atoms in total. The van der Waals surface area contributed by atoms with E-state index in [1.54, 1.807) is 0 Å². The van der Waals surface area contributed by atoms with Gasteiger partial charge in [0.05, 0.1) is 12.6 Å². The third kappa shape index (κ3) is 4.50. The minimum absolute atomic E-state index is 0.0780. The number of likely N-dealkylation sites (tertiary alicyclic amines) is 1. The number of fused-ring (bicyclic) bond motifs is 1. The Morgan fingerprint density at radius 3 is 2.70 bits per heavy atom. The lowest BCUT2D eigenvalue weighted by Crippen LogP contribution is -2.43. The van der Waals surface area contributed by atoms with Crippen LogP contribution in [0, 0.1) is 5.92 Å². The zero-order valence-corrected chi connectivity index (χ0v) is 17.8. The minimum atomic E-state index is -0.197. The van der Waals surface area contributed by atoms with E-state index in [4.69, 9.17) is 9.47 Å². The molecule has 4 rings (SSSR count). The summed E-state index contributed by atoms with van der Waals surface area (Å²) in [6.45, 7) is 9.47. The molecule has 158 valence electrons. The summed E-state index contributed by atoms with van der Waals surface area (Å²) in [6, 6.07) is 14.9. The Balaban J connectivity index is 1.39. The molecule has 1 unspecified atom stereocenters. The first-order valence-electron chi connectivity index (χ1n) is 10.8. The van der Waals surface area contributed by atoms with E-state index >= 15 is 0 Å². The molecule has 0 N–H and O–H groups in total. The van der Waals surface area contributed by atoms with Crippen molar-refractivity contribution in [2.24, 2.45) is 10.9 Å². The van der Waals surface area contributed by atoms with E-state index in [1.165, 1.54) is 22.3 Å². The van der Waals surface area contributed by atoms with Crippen molar-refractivity contribution in [1.29, 1.82) is 0 Å². The Morgan fingerprint density at radius 2 is 1.97 bits per heavy atom. The molecule has 1 atom stereocenters. The summed E-state index contributed by atoms with van der Waals surface area (Å²) in [4.78, 5) is 17.9. The summed E-state index contributed by atoms with van der Waals surface area (Å²) in [5, 5.41) is 0. The van der Waals surface area contributed by atoms with E-state index in [0.29, 0.717) is 12.5 Å². The molecule has 0 saturated carbocycles. The normalized spacial score (nSPS) is 18.8. The standard InChI is InChI=1S/C25H30N2O3/c1-17(2)29-25(28)27-11-9-19(10-12-27)24-15-22-14-21(7-8-23(22)30-24)20-6-4-5-18(13-20)16-26-3/h4-8,13-14,17,19,24H,3,9-12,15-16H2,1-2H3. The number of rotatable bonds is 5. The van der Waals surface area contributed by atoms with E-state index < -0.39 is 0 Å². The van der Waals surface area contributed by atoms with Crippen LogP contribution in [-0.4, -0.2) is 43.0 Å². The summed E-state index contributed by atoms with van der Waals surface area (Å²) in [7, 11) is 0. The van der Waals surface area contributed by atoms with Crippen LogP contribution < -0.4 is 4.74 Å². The average molecular weight is 407 g/mol. The number of aliphatic imine (C=N–C) groups is 1. The predicted octanol–water partition coefficient (Wildman–Crippen LogP) is 5.11. The van der Waals surface area contributed by atoms with Gasteiger partial charge in [-0.15, -0.1) is 0 Å². The van der Waals surface area contributed by atoms with Gasteiger partial charge in [0.15, 0.2) is 0 Å². The van der Waals surface area contributed by atoms with Crippen LogP contribution in [0.15, 0.2) is 47.5 Å². The van der Waals surface area contributed by atoms with Crippen molar-refractivity contribution >= 4 is 12.8 Å². The number of hydrogen-bond donors (Lipinski definition) is 0. The lowest BCUT2D eigenvalue weighted by atomic mass is 9.88. The quantitative estimate of drug-likeness (QED) is 0.648. The van der Waals surface area contributed by atoms with Gasteiger partial charge in [-0.05, 0) is 79.8 Å². The first-order chi connectivity index (χ1) is 14.5. The fourth-order valence-corrected chi connectivity index (χ4v) is 4.43.